The summed E-state index contributed by atoms with van der Waals surface area (Å²) in [7, 11) is -0.555. The van der Waals surface area contributed by atoms with E-state index in [0.29, 0.717) is 20.1 Å². The van der Waals surface area contributed by atoms with Crippen LogP contribution in [-0.4, -0.2) is 5.11 Å². The molecule has 24 heavy (non-hydrogen) atoms. The van der Waals surface area contributed by atoms with Gasteiger partial charge in [0.2, 0.25) is 0 Å². The Morgan fingerprint density at radius 1 is 0.625 bits per heavy atom. The minimum absolute atomic E-state index is 0.201. The molecule has 0 amide bonds. The van der Waals surface area contributed by atoms with E-state index in [1.54, 1.807) is 36.4 Å². The summed E-state index contributed by atoms with van der Waals surface area (Å²) < 4.78 is 0. The Balaban J connectivity index is 2.22. The third-order valence-electron chi connectivity index (χ3n) is 3.30. The summed E-state index contributed by atoms with van der Waals surface area (Å²) in [5.41, 5.74) is 0. The van der Waals surface area contributed by atoms with E-state index >= 15 is 0 Å². The van der Waals surface area contributed by atoms with Gasteiger partial charge in [-0.05, 0) is 60.7 Å². The van der Waals surface area contributed by atoms with Gasteiger partial charge < -0.3 is 5.11 Å². The predicted molar refractivity (Wildman–Crippen MR) is 103 cm³/mol. The Labute approximate surface area is 163 Å². The normalized spacial score (nSPS) is 11.0. The van der Waals surface area contributed by atoms with Crippen LogP contribution in [0.4, 0.5) is 0 Å². The molecule has 0 aliphatic rings. The predicted octanol–water partition coefficient (Wildman–Crippen LogP) is 7.10. The zero-order valence-electron chi connectivity index (χ0n) is 12.1. The fourth-order valence-corrected chi connectivity index (χ4v) is 5.59. The fraction of sp³-hybridized carbons (Fsp3) is 0. The highest BCUT2D eigenvalue weighted by Gasteiger charge is 2.33. The molecule has 0 spiro atoms. The van der Waals surface area contributed by atoms with Crippen LogP contribution in [-0.2, 0) is 10.9 Å². The Morgan fingerprint density at radius 2 is 1.08 bits per heavy atom. The van der Waals surface area contributed by atoms with E-state index in [9.17, 15) is 5.11 Å². The number of hydrogen-bond acceptors (Lipinski definition) is 1. The van der Waals surface area contributed by atoms with Crippen LogP contribution in [0.1, 0.15) is 0 Å². The van der Waals surface area contributed by atoms with Crippen molar-refractivity contribution in [2.45, 2.75) is 14.7 Å². The topological polar surface area (TPSA) is 20.2 Å². The molecule has 0 saturated heterocycles. The second-order valence-electron chi connectivity index (χ2n) is 4.95. The standard InChI is InChI=1S/C18H10Cl4OS/c19-11-1-7-17(15(21)9-11)24(14-5-3-13(23)4-6-14)18-8-2-12(20)10-16(18)22/h1-10H/p+1. The average Bonchev–Trinajstić information content (AvgIpc) is 2.53. The molecule has 0 aliphatic carbocycles. The van der Waals surface area contributed by atoms with Crippen LogP contribution in [0.25, 0.3) is 0 Å². The Morgan fingerprint density at radius 3 is 1.50 bits per heavy atom. The molecule has 3 aromatic carbocycles. The minimum atomic E-state index is -0.555. The van der Waals surface area contributed by atoms with Crippen molar-refractivity contribution >= 4 is 57.3 Å². The highest BCUT2D eigenvalue weighted by molar-refractivity contribution is 7.97. The van der Waals surface area contributed by atoms with Gasteiger partial charge >= 0.3 is 0 Å². The van der Waals surface area contributed by atoms with Crippen LogP contribution in [0.5, 0.6) is 5.75 Å². The van der Waals surface area contributed by atoms with E-state index in [1.807, 2.05) is 24.3 Å². The molecule has 0 atom stereocenters. The van der Waals surface area contributed by atoms with Gasteiger partial charge in [0.25, 0.3) is 0 Å². The Kier molecular flexibility index (Phi) is 5.53. The molecule has 1 nitrogen and oxygen atoms in total. The van der Waals surface area contributed by atoms with Crippen LogP contribution < -0.4 is 0 Å². The van der Waals surface area contributed by atoms with Crippen molar-refractivity contribution in [3.05, 3.63) is 80.8 Å². The van der Waals surface area contributed by atoms with Gasteiger partial charge in [-0.1, -0.05) is 46.4 Å². The lowest BCUT2D eigenvalue weighted by Crippen LogP contribution is -2.06. The monoisotopic (exact) mass is 415 g/mol. The molecule has 0 aliphatic heterocycles. The van der Waals surface area contributed by atoms with E-state index in [-0.39, 0.29) is 5.75 Å². The molecule has 6 heteroatoms. The van der Waals surface area contributed by atoms with Crippen molar-refractivity contribution in [3.63, 3.8) is 0 Å². The van der Waals surface area contributed by atoms with Crippen LogP contribution in [0.2, 0.25) is 20.1 Å². The fourth-order valence-electron chi connectivity index (χ4n) is 2.24. The zero-order valence-corrected chi connectivity index (χ0v) is 16.0. The van der Waals surface area contributed by atoms with Crippen LogP contribution in [0, 0.1) is 0 Å². The number of rotatable bonds is 3. The van der Waals surface area contributed by atoms with Crippen molar-refractivity contribution in [3.8, 4) is 5.75 Å². The van der Waals surface area contributed by atoms with Gasteiger partial charge in [-0.2, -0.15) is 0 Å². The first-order chi connectivity index (χ1) is 11.5. The average molecular weight is 417 g/mol. The molecule has 122 valence electrons. The van der Waals surface area contributed by atoms with Crippen molar-refractivity contribution in [1.82, 2.24) is 0 Å². The molecule has 0 saturated carbocycles. The molecule has 3 rings (SSSR count). The Hall–Kier alpha value is -1.03. The molecule has 0 bridgehead atoms. The number of aromatic hydroxyl groups is 1. The number of hydrogen-bond donors (Lipinski definition) is 1. The summed E-state index contributed by atoms with van der Waals surface area (Å²) in [4.78, 5) is 2.77. The zero-order chi connectivity index (χ0) is 17.3. The number of halogens is 4. The molecule has 3 aromatic rings. The Bertz CT molecular complexity index is 829. The first-order valence-corrected chi connectivity index (χ1v) is 9.63. The minimum Gasteiger partial charge on any atom is -0.508 e. The summed E-state index contributed by atoms with van der Waals surface area (Å²) in [6.45, 7) is 0. The van der Waals surface area contributed by atoms with Gasteiger partial charge in [-0.15, -0.1) is 0 Å². The SMILES string of the molecule is Oc1ccc([S+](c2ccc(Cl)cc2Cl)c2ccc(Cl)cc2Cl)cc1. The summed E-state index contributed by atoms with van der Waals surface area (Å²) >= 11 is 24.9. The maximum atomic E-state index is 9.58. The molecule has 0 aromatic heterocycles. The van der Waals surface area contributed by atoms with Crippen LogP contribution >= 0.6 is 46.4 Å². The van der Waals surface area contributed by atoms with Gasteiger partial charge in [0, 0.05) is 10.0 Å². The molecule has 0 unspecified atom stereocenters. The van der Waals surface area contributed by atoms with Gasteiger partial charge in [-0.25, -0.2) is 0 Å². The number of benzene rings is 3. The van der Waals surface area contributed by atoms with E-state index in [4.69, 9.17) is 46.4 Å². The molecular weight excluding hydrogens is 406 g/mol. The first kappa shape index (κ1) is 17.8. The van der Waals surface area contributed by atoms with Gasteiger partial charge in [-0.3, -0.25) is 0 Å². The summed E-state index contributed by atoms with van der Waals surface area (Å²) in [5.74, 6) is 0.201. The second kappa shape index (κ2) is 7.47. The summed E-state index contributed by atoms with van der Waals surface area (Å²) in [6.07, 6.45) is 0. The lowest BCUT2D eigenvalue weighted by molar-refractivity contribution is 0.475. The van der Waals surface area contributed by atoms with Gasteiger partial charge in [0.15, 0.2) is 14.7 Å². The highest BCUT2D eigenvalue weighted by atomic mass is 35.5. The number of phenolic OH excluding ortho intramolecular Hbond substituents is 1. The molecule has 1 N–H and O–H groups in total. The van der Waals surface area contributed by atoms with Crippen molar-refractivity contribution < 1.29 is 5.11 Å². The van der Waals surface area contributed by atoms with Gasteiger partial charge in [0.05, 0.1) is 10.0 Å². The van der Waals surface area contributed by atoms with Crippen molar-refractivity contribution in [1.29, 1.82) is 0 Å². The van der Waals surface area contributed by atoms with Gasteiger partial charge in [0.1, 0.15) is 16.6 Å². The lowest BCUT2D eigenvalue weighted by atomic mass is 10.3. The third-order valence-corrected chi connectivity index (χ3v) is 6.96. The maximum absolute atomic E-state index is 9.58. The maximum Gasteiger partial charge on any atom is 0.185 e. The molecule has 0 heterocycles. The van der Waals surface area contributed by atoms with Crippen molar-refractivity contribution in [2.75, 3.05) is 0 Å². The lowest BCUT2D eigenvalue weighted by Gasteiger charge is -2.11. The van der Waals surface area contributed by atoms with E-state index in [1.165, 1.54) is 0 Å². The van der Waals surface area contributed by atoms with Crippen LogP contribution in [0.15, 0.2) is 75.4 Å². The number of phenols is 1. The molecule has 0 radical (unpaired) electrons. The molecular formula is C18H11Cl4OS+. The smallest absolute Gasteiger partial charge is 0.185 e. The van der Waals surface area contributed by atoms with E-state index in [2.05, 4.69) is 0 Å². The van der Waals surface area contributed by atoms with Crippen molar-refractivity contribution in [2.24, 2.45) is 0 Å². The summed E-state index contributed by atoms with van der Waals surface area (Å²) in [6, 6.07) is 17.8. The summed E-state index contributed by atoms with van der Waals surface area (Å²) in [5, 5.41) is 11.8. The second-order valence-corrected chi connectivity index (χ2v) is 8.60. The van der Waals surface area contributed by atoms with E-state index < -0.39 is 10.9 Å². The largest absolute Gasteiger partial charge is 0.508 e. The quantitative estimate of drug-likeness (QED) is 0.451. The highest BCUT2D eigenvalue weighted by Crippen LogP contribution is 2.40. The third kappa shape index (κ3) is 3.79. The van der Waals surface area contributed by atoms with E-state index in [0.717, 1.165) is 14.7 Å². The molecule has 0 fully saturated rings. The first-order valence-electron chi connectivity index (χ1n) is 6.89. The van der Waals surface area contributed by atoms with Crippen LogP contribution in [0.3, 0.4) is 0 Å².